The molecule has 1 fully saturated rings. The number of aliphatic hydroxyl groups excluding tert-OH is 1. The van der Waals surface area contributed by atoms with E-state index in [4.69, 9.17) is 23.1 Å². The molecule has 4 nitrogen and oxygen atoms in total. The van der Waals surface area contributed by atoms with E-state index in [1.54, 1.807) is 0 Å². The van der Waals surface area contributed by atoms with Crippen LogP contribution in [0.25, 0.3) is 0 Å². The molecular weight excluding hydrogens is 188 g/mol. The van der Waals surface area contributed by atoms with E-state index in [0.29, 0.717) is 24.4 Å². The first-order chi connectivity index (χ1) is 6.06. The molecule has 1 aliphatic heterocycles. The highest BCUT2D eigenvalue weighted by molar-refractivity contribution is 7.80. The predicted octanol–water partition coefficient (Wildman–Crippen LogP) is -0.908. The zero-order chi connectivity index (χ0) is 9.90. The summed E-state index contributed by atoms with van der Waals surface area (Å²) in [6.07, 6.45) is 1.18. The molecule has 1 aliphatic rings. The molecule has 0 atom stereocenters. The molecular formula is C8H16N2O2S. The molecule has 13 heavy (non-hydrogen) atoms. The van der Waals surface area contributed by atoms with E-state index in [2.05, 4.69) is 4.90 Å². The van der Waals surface area contributed by atoms with Crippen molar-refractivity contribution >= 4 is 17.2 Å². The summed E-state index contributed by atoms with van der Waals surface area (Å²) in [6, 6.07) is 0. The normalized spacial score (nSPS) is 22.9. The number of likely N-dealkylation sites (tertiary alicyclic amines) is 1. The van der Waals surface area contributed by atoms with Crippen LogP contribution in [0, 0.1) is 0 Å². The van der Waals surface area contributed by atoms with Crippen molar-refractivity contribution in [3.63, 3.8) is 0 Å². The van der Waals surface area contributed by atoms with Crippen molar-refractivity contribution in [2.75, 3.05) is 26.2 Å². The topological polar surface area (TPSA) is 69.7 Å². The second-order valence-electron chi connectivity index (χ2n) is 3.62. The number of piperidine rings is 1. The maximum Gasteiger partial charge on any atom is 0.0901 e. The lowest BCUT2D eigenvalue weighted by Crippen LogP contribution is -2.48. The van der Waals surface area contributed by atoms with Gasteiger partial charge in [-0.1, -0.05) is 12.2 Å². The first-order valence-electron chi connectivity index (χ1n) is 4.40. The number of hydrogen-bond acceptors (Lipinski definition) is 4. The molecule has 1 rings (SSSR count). The third kappa shape index (κ3) is 3.19. The van der Waals surface area contributed by atoms with Crippen molar-refractivity contribution < 1.29 is 10.2 Å². The number of nitrogens with two attached hydrogens (primary N) is 1. The Labute approximate surface area is 83.3 Å². The van der Waals surface area contributed by atoms with Gasteiger partial charge in [0.05, 0.1) is 17.2 Å². The van der Waals surface area contributed by atoms with Crippen molar-refractivity contribution in [3.05, 3.63) is 0 Å². The van der Waals surface area contributed by atoms with E-state index < -0.39 is 5.60 Å². The highest BCUT2D eigenvalue weighted by Crippen LogP contribution is 2.20. The van der Waals surface area contributed by atoms with E-state index in [0.717, 1.165) is 13.1 Å². The Bertz CT molecular complexity index is 191. The van der Waals surface area contributed by atoms with E-state index in [1.165, 1.54) is 0 Å². The van der Waals surface area contributed by atoms with Crippen LogP contribution in [-0.2, 0) is 0 Å². The number of nitrogens with zero attached hydrogens (tertiary/aromatic N) is 1. The number of aliphatic hydroxyl groups is 2. The fourth-order valence-electron chi connectivity index (χ4n) is 1.51. The van der Waals surface area contributed by atoms with Crippen LogP contribution in [0.5, 0.6) is 0 Å². The van der Waals surface area contributed by atoms with Gasteiger partial charge in [0.25, 0.3) is 0 Å². The van der Waals surface area contributed by atoms with Gasteiger partial charge in [0.15, 0.2) is 0 Å². The maximum atomic E-state index is 9.69. The smallest absolute Gasteiger partial charge is 0.0901 e. The summed E-state index contributed by atoms with van der Waals surface area (Å²) in [7, 11) is 0. The maximum absolute atomic E-state index is 9.69. The highest BCUT2D eigenvalue weighted by atomic mass is 32.1. The van der Waals surface area contributed by atoms with Crippen LogP contribution in [0.3, 0.4) is 0 Å². The van der Waals surface area contributed by atoms with Crippen LogP contribution in [0.15, 0.2) is 0 Å². The van der Waals surface area contributed by atoms with Gasteiger partial charge in [-0.15, -0.1) is 0 Å². The van der Waals surface area contributed by atoms with Crippen LogP contribution >= 0.6 is 12.2 Å². The number of hydrogen-bond donors (Lipinski definition) is 3. The summed E-state index contributed by atoms with van der Waals surface area (Å²) in [5, 5.41) is 18.6. The molecule has 0 amide bonds. The minimum absolute atomic E-state index is 0.159. The first-order valence-corrected chi connectivity index (χ1v) is 4.80. The molecule has 0 aromatic rings. The highest BCUT2D eigenvalue weighted by Gasteiger charge is 2.31. The Balaban J connectivity index is 2.34. The summed E-state index contributed by atoms with van der Waals surface area (Å²) in [5.74, 6) is 0. The Morgan fingerprint density at radius 1 is 1.46 bits per heavy atom. The minimum Gasteiger partial charge on any atom is -0.393 e. The Hall–Kier alpha value is -0.230. The molecule has 0 radical (unpaired) electrons. The average Bonchev–Trinajstić information content (AvgIpc) is 2.09. The van der Waals surface area contributed by atoms with Crippen LogP contribution in [0.4, 0.5) is 0 Å². The number of rotatable bonds is 3. The summed E-state index contributed by atoms with van der Waals surface area (Å²) >= 11 is 4.79. The zero-order valence-corrected chi connectivity index (χ0v) is 8.39. The summed E-state index contributed by atoms with van der Waals surface area (Å²) in [6.45, 7) is 1.94. The van der Waals surface area contributed by atoms with E-state index in [9.17, 15) is 5.11 Å². The van der Waals surface area contributed by atoms with Gasteiger partial charge in [-0.25, -0.2) is 0 Å². The molecule has 5 heteroatoms. The Morgan fingerprint density at radius 2 is 2.00 bits per heavy atom. The Kier molecular flexibility index (Phi) is 3.61. The fourth-order valence-corrected chi connectivity index (χ4v) is 1.69. The minimum atomic E-state index is -0.882. The Morgan fingerprint density at radius 3 is 2.38 bits per heavy atom. The zero-order valence-electron chi connectivity index (χ0n) is 7.57. The molecule has 0 saturated carbocycles. The molecule has 0 aliphatic carbocycles. The standard InChI is InChI=1S/C8H16N2O2S/c9-7(13)5-10-3-1-8(12,6-11)2-4-10/h11-12H,1-6H2,(H2,9,13). The van der Waals surface area contributed by atoms with Gasteiger partial charge < -0.3 is 15.9 Å². The summed E-state index contributed by atoms with van der Waals surface area (Å²) in [5.41, 5.74) is 4.52. The van der Waals surface area contributed by atoms with Gasteiger partial charge in [0.2, 0.25) is 0 Å². The van der Waals surface area contributed by atoms with Gasteiger partial charge in [-0.2, -0.15) is 0 Å². The van der Waals surface area contributed by atoms with E-state index >= 15 is 0 Å². The first kappa shape index (κ1) is 10.8. The summed E-state index contributed by atoms with van der Waals surface area (Å²) < 4.78 is 0. The lowest BCUT2D eigenvalue weighted by atomic mass is 9.92. The fraction of sp³-hybridized carbons (Fsp3) is 0.875. The van der Waals surface area contributed by atoms with Crippen molar-refractivity contribution in [2.24, 2.45) is 5.73 Å². The van der Waals surface area contributed by atoms with Crippen molar-refractivity contribution in [2.45, 2.75) is 18.4 Å². The second kappa shape index (κ2) is 4.32. The van der Waals surface area contributed by atoms with Crippen LogP contribution < -0.4 is 5.73 Å². The van der Waals surface area contributed by atoms with E-state index in [1.807, 2.05) is 0 Å². The van der Waals surface area contributed by atoms with Gasteiger partial charge in [-0.05, 0) is 12.8 Å². The number of thiocarbonyl (C=S) groups is 1. The van der Waals surface area contributed by atoms with Crippen molar-refractivity contribution in [1.82, 2.24) is 4.90 Å². The second-order valence-corrected chi connectivity index (χ2v) is 4.15. The van der Waals surface area contributed by atoms with Gasteiger partial charge >= 0.3 is 0 Å². The quantitative estimate of drug-likeness (QED) is 0.519. The third-order valence-corrected chi connectivity index (χ3v) is 2.59. The van der Waals surface area contributed by atoms with Gasteiger partial charge in [0, 0.05) is 19.6 Å². The van der Waals surface area contributed by atoms with E-state index in [-0.39, 0.29) is 6.61 Å². The largest absolute Gasteiger partial charge is 0.393 e. The average molecular weight is 204 g/mol. The molecule has 1 heterocycles. The SMILES string of the molecule is NC(=S)CN1CCC(O)(CO)CC1. The summed E-state index contributed by atoms with van der Waals surface area (Å²) in [4.78, 5) is 2.57. The molecule has 76 valence electrons. The lowest BCUT2D eigenvalue weighted by molar-refractivity contribution is -0.0570. The molecule has 0 aromatic carbocycles. The van der Waals surface area contributed by atoms with Crippen LogP contribution in [-0.4, -0.2) is 51.9 Å². The molecule has 0 unspecified atom stereocenters. The molecule has 0 bridgehead atoms. The lowest BCUT2D eigenvalue weighted by Gasteiger charge is -2.36. The van der Waals surface area contributed by atoms with Crippen LogP contribution in [0.1, 0.15) is 12.8 Å². The monoisotopic (exact) mass is 204 g/mol. The predicted molar refractivity (Wildman–Crippen MR) is 54.5 cm³/mol. The van der Waals surface area contributed by atoms with Gasteiger partial charge in [-0.3, -0.25) is 4.90 Å². The molecule has 4 N–H and O–H groups in total. The molecule has 0 spiro atoms. The van der Waals surface area contributed by atoms with Crippen molar-refractivity contribution in [1.29, 1.82) is 0 Å². The third-order valence-electron chi connectivity index (χ3n) is 2.46. The molecule has 1 saturated heterocycles. The van der Waals surface area contributed by atoms with Gasteiger partial charge in [0.1, 0.15) is 0 Å². The van der Waals surface area contributed by atoms with Crippen LogP contribution in [0.2, 0.25) is 0 Å². The van der Waals surface area contributed by atoms with Crippen molar-refractivity contribution in [3.8, 4) is 0 Å². The molecule has 0 aromatic heterocycles.